The summed E-state index contributed by atoms with van der Waals surface area (Å²) in [5.41, 5.74) is 2.99. The minimum atomic E-state index is -0.306. The Hall–Kier alpha value is -2.47. The molecule has 0 saturated carbocycles. The van der Waals surface area contributed by atoms with Gasteiger partial charge in [0.2, 0.25) is 5.65 Å². The van der Waals surface area contributed by atoms with Crippen molar-refractivity contribution in [2.75, 3.05) is 0 Å². The molecule has 4 aromatic rings. The van der Waals surface area contributed by atoms with Gasteiger partial charge in [-0.3, -0.25) is 9.20 Å². The lowest BCUT2D eigenvalue weighted by molar-refractivity contribution is 0.628. The van der Waals surface area contributed by atoms with Crippen LogP contribution in [0.1, 0.15) is 0 Å². The number of nitrogens with zero attached hydrogens (tertiary/aromatic N) is 2. The minimum Gasteiger partial charge on any atom is -0.317 e. The highest BCUT2D eigenvalue weighted by atomic mass is 79.9. The zero-order valence-corrected chi connectivity index (χ0v) is 12.8. The molecule has 0 fully saturated rings. The van der Waals surface area contributed by atoms with Crippen LogP contribution in [0.25, 0.3) is 27.9 Å². The van der Waals surface area contributed by atoms with E-state index in [9.17, 15) is 9.18 Å². The monoisotopic (exact) mass is 357 g/mol. The number of benzene rings is 2. The molecular formula is C16H9BrFN3O. The van der Waals surface area contributed by atoms with E-state index in [2.05, 4.69) is 25.9 Å². The molecule has 4 rings (SSSR count). The molecule has 108 valence electrons. The summed E-state index contributed by atoms with van der Waals surface area (Å²) in [6.45, 7) is 0. The molecule has 0 aliphatic rings. The van der Waals surface area contributed by atoms with E-state index in [-0.39, 0.29) is 11.4 Å². The van der Waals surface area contributed by atoms with Crippen LogP contribution in [0.2, 0.25) is 0 Å². The van der Waals surface area contributed by atoms with E-state index in [1.807, 2.05) is 18.2 Å². The van der Waals surface area contributed by atoms with Crippen molar-refractivity contribution in [3.05, 3.63) is 69.3 Å². The fourth-order valence-corrected chi connectivity index (χ4v) is 2.82. The third-order valence-electron chi connectivity index (χ3n) is 3.52. The number of aromatic amines is 1. The molecule has 4 nitrogen and oxygen atoms in total. The standard InChI is InChI=1S/C16H9BrFN3O/c17-10-3-6-12-14(7-10)21-8-13(19-15(21)16(22)20-12)9-1-4-11(18)5-2-9/h1-8H,(H,20,22). The zero-order chi connectivity index (χ0) is 15.3. The van der Waals surface area contributed by atoms with Crippen LogP contribution in [0.15, 0.2) is 57.9 Å². The van der Waals surface area contributed by atoms with Crippen molar-refractivity contribution in [1.29, 1.82) is 0 Å². The maximum Gasteiger partial charge on any atom is 0.292 e. The molecule has 0 radical (unpaired) electrons. The van der Waals surface area contributed by atoms with E-state index >= 15 is 0 Å². The summed E-state index contributed by atoms with van der Waals surface area (Å²) in [6, 6.07) is 11.6. The average molecular weight is 358 g/mol. The van der Waals surface area contributed by atoms with Gasteiger partial charge in [-0.2, -0.15) is 0 Å². The zero-order valence-electron chi connectivity index (χ0n) is 11.2. The van der Waals surface area contributed by atoms with E-state index in [0.29, 0.717) is 11.3 Å². The van der Waals surface area contributed by atoms with Crippen molar-refractivity contribution in [3.8, 4) is 11.3 Å². The van der Waals surface area contributed by atoms with Gasteiger partial charge in [0.15, 0.2) is 0 Å². The van der Waals surface area contributed by atoms with Crippen molar-refractivity contribution in [1.82, 2.24) is 14.4 Å². The predicted octanol–water partition coefficient (Wildman–Crippen LogP) is 3.74. The van der Waals surface area contributed by atoms with Crippen LogP contribution in [0.4, 0.5) is 4.39 Å². The molecule has 2 aromatic heterocycles. The lowest BCUT2D eigenvalue weighted by Crippen LogP contribution is -2.10. The number of H-pyrrole nitrogens is 1. The summed E-state index contributed by atoms with van der Waals surface area (Å²) in [6.07, 6.45) is 1.78. The van der Waals surface area contributed by atoms with Crippen LogP contribution in [-0.2, 0) is 0 Å². The Balaban J connectivity index is 2.06. The maximum absolute atomic E-state index is 13.0. The summed E-state index contributed by atoms with van der Waals surface area (Å²) >= 11 is 3.43. The fraction of sp³-hybridized carbons (Fsp3) is 0. The summed E-state index contributed by atoms with van der Waals surface area (Å²) in [5, 5.41) is 0. The molecule has 2 aromatic carbocycles. The van der Waals surface area contributed by atoms with E-state index in [0.717, 1.165) is 21.1 Å². The molecule has 6 heteroatoms. The van der Waals surface area contributed by atoms with Gasteiger partial charge < -0.3 is 4.98 Å². The maximum atomic E-state index is 13.0. The predicted molar refractivity (Wildman–Crippen MR) is 86.4 cm³/mol. The Labute approximate surface area is 132 Å². The van der Waals surface area contributed by atoms with E-state index < -0.39 is 0 Å². The second-order valence-corrected chi connectivity index (χ2v) is 5.86. The first-order valence-electron chi connectivity index (χ1n) is 6.58. The van der Waals surface area contributed by atoms with Crippen molar-refractivity contribution in [3.63, 3.8) is 0 Å². The van der Waals surface area contributed by atoms with Gasteiger partial charge in [-0.1, -0.05) is 15.9 Å². The van der Waals surface area contributed by atoms with Gasteiger partial charge in [-0.15, -0.1) is 0 Å². The number of nitrogens with one attached hydrogen (secondary N) is 1. The highest BCUT2D eigenvalue weighted by molar-refractivity contribution is 9.10. The van der Waals surface area contributed by atoms with Crippen molar-refractivity contribution >= 4 is 32.6 Å². The van der Waals surface area contributed by atoms with Gasteiger partial charge in [0.05, 0.1) is 16.7 Å². The molecule has 0 spiro atoms. The van der Waals surface area contributed by atoms with Crippen molar-refractivity contribution in [2.45, 2.75) is 0 Å². The van der Waals surface area contributed by atoms with Gasteiger partial charge in [-0.05, 0) is 42.5 Å². The Kier molecular flexibility index (Phi) is 2.87. The highest BCUT2D eigenvalue weighted by Gasteiger charge is 2.11. The molecule has 2 heterocycles. The summed E-state index contributed by atoms with van der Waals surface area (Å²) in [4.78, 5) is 19.4. The molecule has 0 amide bonds. The molecule has 1 N–H and O–H groups in total. The normalized spacial score (nSPS) is 11.4. The fourth-order valence-electron chi connectivity index (χ4n) is 2.47. The second kappa shape index (κ2) is 4.78. The van der Waals surface area contributed by atoms with E-state index in [1.54, 1.807) is 22.7 Å². The number of imidazole rings is 1. The number of rotatable bonds is 1. The third-order valence-corrected chi connectivity index (χ3v) is 4.01. The van der Waals surface area contributed by atoms with Crippen LogP contribution in [0, 0.1) is 5.82 Å². The largest absolute Gasteiger partial charge is 0.317 e. The van der Waals surface area contributed by atoms with Gasteiger partial charge >= 0.3 is 0 Å². The topological polar surface area (TPSA) is 50.2 Å². The molecule has 0 aliphatic carbocycles. The Bertz CT molecular complexity index is 1070. The molecule has 22 heavy (non-hydrogen) atoms. The molecule has 0 aliphatic heterocycles. The van der Waals surface area contributed by atoms with Crippen LogP contribution in [0.5, 0.6) is 0 Å². The van der Waals surface area contributed by atoms with E-state index in [1.165, 1.54) is 12.1 Å². The van der Waals surface area contributed by atoms with Gasteiger partial charge in [0.25, 0.3) is 5.56 Å². The van der Waals surface area contributed by atoms with Gasteiger partial charge in [0.1, 0.15) is 5.82 Å². The summed E-state index contributed by atoms with van der Waals surface area (Å²) < 4.78 is 15.7. The lowest BCUT2D eigenvalue weighted by atomic mass is 10.2. The summed E-state index contributed by atoms with van der Waals surface area (Å²) in [5.74, 6) is -0.306. The first-order valence-corrected chi connectivity index (χ1v) is 7.38. The first kappa shape index (κ1) is 13.2. The molecule has 0 atom stereocenters. The van der Waals surface area contributed by atoms with Gasteiger partial charge in [-0.25, -0.2) is 9.37 Å². The number of fused-ring (bicyclic) bond motifs is 3. The number of hydrogen-bond acceptors (Lipinski definition) is 2. The average Bonchev–Trinajstić information content (AvgIpc) is 2.95. The number of aromatic nitrogens is 3. The van der Waals surface area contributed by atoms with Crippen LogP contribution in [-0.4, -0.2) is 14.4 Å². The molecular weight excluding hydrogens is 349 g/mol. The quantitative estimate of drug-likeness (QED) is 0.564. The van der Waals surface area contributed by atoms with Crippen molar-refractivity contribution < 1.29 is 4.39 Å². The van der Waals surface area contributed by atoms with Gasteiger partial charge in [0, 0.05) is 16.2 Å². The van der Waals surface area contributed by atoms with Crippen LogP contribution < -0.4 is 5.56 Å². The second-order valence-electron chi connectivity index (χ2n) is 4.94. The smallest absolute Gasteiger partial charge is 0.292 e. The lowest BCUT2D eigenvalue weighted by Gasteiger charge is -2.01. The number of hydrogen-bond donors (Lipinski definition) is 1. The first-order chi connectivity index (χ1) is 10.6. The molecule has 0 saturated heterocycles. The minimum absolute atomic E-state index is 0.261. The highest BCUT2D eigenvalue weighted by Crippen LogP contribution is 2.22. The number of halogens is 2. The SMILES string of the molecule is O=c1[nH]c2ccc(Br)cc2n2cc(-c3ccc(F)cc3)nc12. The Morgan fingerprint density at radius 3 is 2.68 bits per heavy atom. The van der Waals surface area contributed by atoms with Crippen molar-refractivity contribution in [2.24, 2.45) is 0 Å². The molecule has 0 unspecified atom stereocenters. The molecule has 0 bridgehead atoms. The Morgan fingerprint density at radius 1 is 1.14 bits per heavy atom. The van der Waals surface area contributed by atoms with Crippen LogP contribution >= 0.6 is 15.9 Å². The Morgan fingerprint density at radius 2 is 1.91 bits per heavy atom. The van der Waals surface area contributed by atoms with Crippen LogP contribution in [0.3, 0.4) is 0 Å². The third kappa shape index (κ3) is 2.03. The summed E-state index contributed by atoms with van der Waals surface area (Å²) in [7, 11) is 0. The van der Waals surface area contributed by atoms with E-state index in [4.69, 9.17) is 0 Å².